The van der Waals surface area contributed by atoms with Crippen LogP contribution in [0.3, 0.4) is 0 Å². The number of nitrogens with two attached hydrogens (primary N) is 1. The molecule has 0 unspecified atom stereocenters. The Hall–Kier alpha value is -1.88. The second-order valence-electron chi connectivity index (χ2n) is 4.07. The van der Waals surface area contributed by atoms with Crippen molar-refractivity contribution < 1.29 is 14.7 Å². The Kier molecular flexibility index (Phi) is 5.87. The van der Waals surface area contributed by atoms with Crippen molar-refractivity contribution in [2.45, 2.75) is 25.3 Å². The number of hydrogen-bond donors (Lipinski definition) is 3. The van der Waals surface area contributed by atoms with Gasteiger partial charge in [-0.05, 0) is 18.4 Å². The molecule has 0 aliphatic heterocycles. The Morgan fingerprint density at radius 2 is 1.94 bits per heavy atom. The number of hydrogen-bond acceptors (Lipinski definition) is 3. The number of carbonyl (C=O) groups excluding carboxylic acids is 1. The van der Waals surface area contributed by atoms with Gasteiger partial charge in [0.2, 0.25) is 5.91 Å². The van der Waals surface area contributed by atoms with Crippen molar-refractivity contribution in [3.63, 3.8) is 0 Å². The maximum absolute atomic E-state index is 11.4. The van der Waals surface area contributed by atoms with Gasteiger partial charge >= 0.3 is 5.97 Å². The van der Waals surface area contributed by atoms with Crippen LogP contribution in [0.25, 0.3) is 0 Å². The summed E-state index contributed by atoms with van der Waals surface area (Å²) in [6.07, 6.45) is 1.06. The monoisotopic (exact) mass is 250 g/mol. The summed E-state index contributed by atoms with van der Waals surface area (Å²) in [4.78, 5) is 21.9. The summed E-state index contributed by atoms with van der Waals surface area (Å²) >= 11 is 0. The highest BCUT2D eigenvalue weighted by Gasteiger charge is 2.12. The highest BCUT2D eigenvalue weighted by atomic mass is 16.4. The molecule has 98 valence electrons. The molecule has 4 N–H and O–H groups in total. The first-order valence-corrected chi connectivity index (χ1v) is 5.88. The SMILES string of the molecule is N[C@@H](CCC(=O)NCCc1ccccc1)C(=O)O. The van der Waals surface area contributed by atoms with E-state index in [0.29, 0.717) is 6.54 Å². The first kappa shape index (κ1) is 14.2. The summed E-state index contributed by atoms with van der Waals surface area (Å²) < 4.78 is 0. The van der Waals surface area contributed by atoms with Gasteiger partial charge in [0.25, 0.3) is 0 Å². The largest absolute Gasteiger partial charge is 0.480 e. The quantitative estimate of drug-likeness (QED) is 0.658. The molecule has 0 aromatic heterocycles. The van der Waals surface area contributed by atoms with E-state index in [0.717, 1.165) is 12.0 Å². The molecule has 1 atom stereocenters. The van der Waals surface area contributed by atoms with Crippen LogP contribution in [-0.4, -0.2) is 29.6 Å². The number of aliphatic carboxylic acids is 1. The third kappa shape index (κ3) is 5.45. The first-order valence-electron chi connectivity index (χ1n) is 5.88. The molecular weight excluding hydrogens is 232 g/mol. The van der Waals surface area contributed by atoms with Gasteiger partial charge in [-0.1, -0.05) is 30.3 Å². The van der Waals surface area contributed by atoms with E-state index in [1.165, 1.54) is 0 Å². The zero-order chi connectivity index (χ0) is 13.4. The topological polar surface area (TPSA) is 92.4 Å². The fourth-order valence-corrected chi connectivity index (χ4v) is 1.49. The molecule has 0 heterocycles. The van der Waals surface area contributed by atoms with E-state index in [4.69, 9.17) is 10.8 Å². The van der Waals surface area contributed by atoms with E-state index in [-0.39, 0.29) is 18.7 Å². The number of rotatable bonds is 7. The second-order valence-corrected chi connectivity index (χ2v) is 4.07. The van der Waals surface area contributed by atoms with Gasteiger partial charge < -0.3 is 16.2 Å². The molecule has 0 radical (unpaired) electrons. The summed E-state index contributed by atoms with van der Waals surface area (Å²) in [5, 5.41) is 11.3. The van der Waals surface area contributed by atoms with Gasteiger partial charge in [0.05, 0.1) is 0 Å². The lowest BCUT2D eigenvalue weighted by atomic mass is 10.1. The Morgan fingerprint density at radius 1 is 1.28 bits per heavy atom. The summed E-state index contributed by atoms with van der Waals surface area (Å²) in [5.41, 5.74) is 6.46. The van der Waals surface area contributed by atoms with Crippen LogP contribution in [0.2, 0.25) is 0 Å². The van der Waals surface area contributed by atoms with Gasteiger partial charge in [0, 0.05) is 13.0 Å². The predicted molar refractivity (Wildman–Crippen MR) is 68.0 cm³/mol. The highest BCUT2D eigenvalue weighted by Crippen LogP contribution is 1.99. The maximum Gasteiger partial charge on any atom is 0.320 e. The predicted octanol–water partition coefficient (Wildman–Crippen LogP) is 0.537. The van der Waals surface area contributed by atoms with Crippen molar-refractivity contribution in [1.29, 1.82) is 0 Å². The fraction of sp³-hybridized carbons (Fsp3) is 0.385. The van der Waals surface area contributed by atoms with E-state index in [9.17, 15) is 9.59 Å². The molecule has 5 nitrogen and oxygen atoms in total. The van der Waals surface area contributed by atoms with E-state index in [1.54, 1.807) is 0 Å². The molecule has 1 aromatic carbocycles. The molecule has 0 aliphatic carbocycles. The van der Waals surface area contributed by atoms with Crippen molar-refractivity contribution in [1.82, 2.24) is 5.32 Å². The minimum Gasteiger partial charge on any atom is -0.480 e. The molecule has 5 heteroatoms. The minimum atomic E-state index is -1.08. The van der Waals surface area contributed by atoms with Crippen molar-refractivity contribution in [2.75, 3.05) is 6.54 Å². The third-order valence-corrected chi connectivity index (χ3v) is 2.58. The van der Waals surface area contributed by atoms with Gasteiger partial charge in [0.15, 0.2) is 0 Å². The van der Waals surface area contributed by atoms with Crippen LogP contribution in [0.15, 0.2) is 30.3 Å². The van der Waals surface area contributed by atoms with Crippen molar-refractivity contribution in [2.24, 2.45) is 5.73 Å². The Morgan fingerprint density at radius 3 is 2.56 bits per heavy atom. The molecule has 0 bridgehead atoms. The lowest BCUT2D eigenvalue weighted by molar-refractivity contribution is -0.138. The standard InChI is InChI=1S/C13H18N2O3/c14-11(13(17)18)6-7-12(16)15-9-8-10-4-2-1-3-5-10/h1-5,11H,6-9,14H2,(H,15,16)(H,17,18)/t11-/m0/s1. The Balaban J connectivity index is 2.16. The van der Waals surface area contributed by atoms with Crippen molar-refractivity contribution >= 4 is 11.9 Å². The van der Waals surface area contributed by atoms with E-state index >= 15 is 0 Å². The maximum atomic E-state index is 11.4. The molecule has 0 saturated carbocycles. The normalized spacial score (nSPS) is 11.8. The first-order chi connectivity index (χ1) is 8.59. The summed E-state index contributed by atoms with van der Waals surface area (Å²) in [6.45, 7) is 0.547. The number of carboxylic acid groups (broad SMARTS) is 1. The number of carboxylic acids is 1. The molecule has 18 heavy (non-hydrogen) atoms. The number of benzene rings is 1. The molecule has 1 amide bonds. The summed E-state index contributed by atoms with van der Waals surface area (Å²) in [5.74, 6) is -1.24. The number of nitrogens with one attached hydrogen (secondary N) is 1. The van der Waals surface area contributed by atoms with Crippen molar-refractivity contribution in [3.8, 4) is 0 Å². The van der Waals surface area contributed by atoms with Gasteiger partial charge in [-0.25, -0.2) is 0 Å². The van der Waals surface area contributed by atoms with Crippen LogP contribution >= 0.6 is 0 Å². The van der Waals surface area contributed by atoms with Crippen LogP contribution in [0.1, 0.15) is 18.4 Å². The second kappa shape index (κ2) is 7.45. The van der Waals surface area contributed by atoms with Crippen LogP contribution in [0.5, 0.6) is 0 Å². The zero-order valence-electron chi connectivity index (χ0n) is 10.1. The lowest BCUT2D eigenvalue weighted by Crippen LogP contribution is -2.33. The lowest BCUT2D eigenvalue weighted by Gasteiger charge is -2.07. The smallest absolute Gasteiger partial charge is 0.320 e. The molecule has 0 spiro atoms. The molecule has 1 aromatic rings. The third-order valence-electron chi connectivity index (χ3n) is 2.58. The van der Waals surface area contributed by atoms with E-state index < -0.39 is 12.0 Å². The molecule has 0 aliphatic rings. The number of carbonyl (C=O) groups is 2. The van der Waals surface area contributed by atoms with Gasteiger partial charge in [-0.3, -0.25) is 9.59 Å². The summed E-state index contributed by atoms with van der Waals surface area (Å²) in [6, 6.07) is 8.85. The van der Waals surface area contributed by atoms with Gasteiger partial charge in [0.1, 0.15) is 6.04 Å². The molecular formula is C13H18N2O3. The van der Waals surface area contributed by atoms with Crippen LogP contribution in [-0.2, 0) is 16.0 Å². The molecule has 1 rings (SSSR count). The minimum absolute atomic E-state index is 0.141. The Bertz CT molecular complexity index is 392. The molecule has 0 saturated heterocycles. The Labute approximate surface area is 106 Å². The van der Waals surface area contributed by atoms with Crippen LogP contribution < -0.4 is 11.1 Å². The average molecular weight is 250 g/mol. The number of amides is 1. The summed E-state index contributed by atoms with van der Waals surface area (Å²) in [7, 11) is 0. The average Bonchev–Trinajstić information content (AvgIpc) is 2.37. The van der Waals surface area contributed by atoms with Gasteiger partial charge in [-0.15, -0.1) is 0 Å². The fourth-order valence-electron chi connectivity index (χ4n) is 1.49. The van der Waals surface area contributed by atoms with Crippen molar-refractivity contribution in [3.05, 3.63) is 35.9 Å². The van der Waals surface area contributed by atoms with Crippen LogP contribution in [0.4, 0.5) is 0 Å². The van der Waals surface area contributed by atoms with E-state index in [1.807, 2.05) is 30.3 Å². The zero-order valence-corrected chi connectivity index (χ0v) is 10.1. The van der Waals surface area contributed by atoms with Crippen LogP contribution in [0, 0.1) is 0 Å². The molecule has 0 fully saturated rings. The van der Waals surface area contributed by atoms with Gasteiger partial charge in [-0.2, -0.15) is 0 Å². The highest BCUT2D eigenvalue weighted by molar-refractivity contribution is 5.78. The van der Waals surface area contributed by atoms with E-state index in [2.05, 4.69) is 5.32 Å².